The van der Waals surface area contributed by atoms with E-state index in [1.165, 1.54) is 6.33 Å². The van der Waals surface area contributed by atoms with E-state index >= 15 is 0 Å². The molecule has 3 N–H and O–H groups in total. The molecule has 3 aromatic heterocycles. The number of aromatic amines is 1. The minimum absolute atomic E-state index is 0.343. The fraction of sp³-hybridized carbons (Fsp3) is 0.231. The second-order valence-electron chi connectivity index (χ2n) is 4.72. The summed E-state index contributed by atoms with van der Waals surface area (Å²) in [5, 5.41) is 4.07. The molecule has 0 aliphatic carbocycles. The Balaban J connectivity index is 1.73. The second-order valence-corrected chi connectivity index (χ2v) is 5.85. The van der Waals surface area contributed by atoms with Crippen molar-refractivity contribution in [3.63, 3.8) is 0 Å². The fourth-order valence-electron chi connectivity index (χ4n) is 2.30. The van der Waals surface area contributed by atoms with Crippen molar-refractivity contribution in [3.8, 4) is 0 Å². The summed E-state index contributed by atoms with van der Waals surface area (Å²) in [5.74, 6) is 2.41. The molecule has 0 bridgehead atoms. The normalized spacial score (nSPS) is 15.3. The average molecular weight is 315 g/mol. The summed E-state index contributed by atoms with van der Waals surface area (Å²) in [6, 6.07) is 1.87. The van der Waals surface area contributed by atoms with Crippen molar-refractivity contribution in [1.82, 2.24) is 25.1 Å². The van der Waals surface area contributed by atoms with Gasteiger partial charge in [0.1, 0.15) is 17.5 Å². The molecular weight excluding hydrogens is 302 g/mol. The molecule has 0 saturated heterocycles. The molecule has 8 nitrogen and oxygen atoms in total. The molecule has 22 heavy (non-hydrogen) atoms. The van der Waals surface area contributed by atoms with Gasteiger partial charge in [0.2, 0.25) is 0 Å². The van der Waals surface area contributed by atoms with E-state index in [0.717, 1.165) is 34.2 Å². The third-order valence-corrected chi connectivity index (χ3v) is 4.36. The molecule has 1 aliphatic heterocycles. The van der Waals surface area contributed by atoms with Crippen molar-refractivity contribution in [1.29, 1.82) is 0 Å². The second kappa shape index (κ2) is 5.43. The maximum atomic E-state index is 5.56. The third-order valence-electron chi connectivity index (χ3n) is 3.35. The number of nitrogens with one attached hydrogen (secondary N) is 1. The molecule has 9 heteroatoms. The SMILES string of the molecule is NCc1cc(C2=CN(c3ncnc4nc[nH]c34)CCS2)no1. The Hall–Kier alpha value is -2.39. The number of nitrogens with two attached hydrogens (primary N) is 1. The van der Waals surface area contributed by atoms with Crippen LogP contribution in [0.1, 0.15) is 11.5 Å². The van der Waals surface area contributed by atoms with Gasteiger partial charge in [-0.2, -0.15) is 0 Å². The smallest absolute Gasteiger partial charge is 0.182 e. The molecule has 0 fully saturated rings. The van der Waals surface area contributed by atoms with Crippen LogP contribution in [-0.4, -0.2) is 37.4 Å². The first-order chi connectivity index (χ1) is 10.8. The predicted octanol–water partition coefficient (Wildman–Crippen LogP) is 1.35. The van der Waals surface area contributed by atoms with Crippen molar-refractivity contribution in [2.24, 2.45) is 5.73 Å². The van der Waals surface area contributed by atoms with Crippen LogP contribution in [0.25, 0.3) is 16.1 Å². The highest BCUT2D eigenvalue weighted by Crippen LogP contribution is 2.33. The van der Waals surface area contributed by atoms with Gasteiger partial charge in [0.25, 0.3) is 0 Å². The number of H-pyrrole nitrogens is 1. The number of rotatable bonds is 3. The van der Waals surface area contributed by atoms with E-state index in [4.69, 9.17) is 10.3 Å². The molecule has 0 amide bonds. The average Bonchev–Trinajstić information content (AvgIpc) is 3.23. The van der Waals surface area contributed by atoms with Gasteiger partial charge >= 0.3 is 0 Å². The van der Waals surface area contributed by atoms with Gasteiger partial charge in [-0.3, -0.25) is 0 Å². The minimum atomic E-state index is 0.343. The zero-order valence-electron chi connectivity index (χ0n) is 11.6. The monoisotopic (exact) mass is 315 g/mol. The molecule has 3 aromatic rings. The minimum Gasteiger partial charge on any atom is -0.359 e. The number of hydrogen-bond acceptors (Lipinski definition) is 8. The van der Waals surface area contributed by atoms with E-state index in [1.54, 1.807) is 18.1 Å². The summed E-state index contributed by atoms with van der Waals surface area (Å²) in [6.07, 6.45) is 5.17. The van der Waals surface area contributed by atoms with Crippen LogP contribution in [0.4, 0.5) is 5.82 Å². The quantitative estimate of drug-likeness (QED) is 0.745. The van der Waals surface area contributed by atoms with Gasteiger partial charge in [0.15, 0.2) is 17.2 Å². The van der Waals surface area contributed by atoms with E-state index in [-0.39, 0.29) is 0 Å². The highest BCUT2D eigenvalue weighted by Gasteiger charge is 2.19. The Morgan fingerprint density at radius 3 is 3.18 bits per heavy atom. The predicted molar refractivity (Wildman–Crippen MR) is 83.9 cm³/mol. The first kappa shape index (κ1) is 13.3. The number of imidazole rings is 1. The molecule has 0 aromatic carbocycles. The number of thioether (sulfide) groups is 1. The Kier molecular flexibility index (Phi) is 3.28. The Morgan fingerprint density at radius 1 is 1.36 bits per heavy atom. The van der Waals surface area contributed by atoms with Gasteiger partial charge in [-0.1, -0.05) is 5.16 Å². The molecule has 0 saturated carbocycles. The first-order valence-electron chi connectivity index (χ1n) is 6.76. The number of fused-ring (bicyclic) bond motifs is 1. The summed E-state index contributed by atoms with van der Waals surface area (Å²) in [7, 11) is 0. The molecule has 0 spiro atoms. The van der Waals surface area contributed by atoms with Crippen molar-refractivity contribution in [3.05, 3.63) is 36.4 Å². The van der Waals surface area contributed by atoms with Gasteiger partial charge in [-0.05, 0) is 0 Å². The number of aromatic nitrogens is 5. The molecule has 4 heterocycles. The van der Waals surface area contributed by atoms with Gasteiger partial charge in [-0.25, -0.2) is 15.0 Å². The Morgan fingerprint density at radius 2 is 2.32 bits per heavy atom. The van der Waals surface area contributed by atoms with Crippen molar-refractivity contribution < 1.29 is 4.52 Å². The van der Waals surface area contributed by atoms with Crippen LogP contribution in [0.3, 0.4) is 0 Å². The van der Waals surface area contributed by atoms with Crippen molar-refractivity contribution in [2.75, 3.05) is 17.2 Å². The molecular formula is C13H13N7OS. The fourth-order valence-corrected chi connectivity index (χ4v) is 3.25. The highest BCUT2D eigenvalue weighted by atomic mass is 32.2. The zero-order chi connectivity index (χ0) is 14.9. The summed E-state index contributed by atoms with van der Waals surface area (Å²) in [5.41, 5.74) is 7.84. The summed E-state index contributed by atoms with van der Waals surface area (Å²) >= 11 is 1.73. The molecule has 0 atom stereocenters. The van der Waals surface area contributed by atoms with E-state index in [0.29, 0.717) is 18.0 Å². The lowest BCUT2D eigenvalue weighted by Gasteiger charge is -2.24. The zero-order valence-corrected chi connectivity index (χ0v) is 12.4. The van der Waals surface area contributed by atoms with E-state index in [9.17, 15) is 0 Å². The Labute approximate surface area is 129 Å². The maximum Gasteiger partial charge on any atom is 0.182 e. The lowest BCUT2D eigenvalue weighted by atomic mass is 10.3. The largest absolute Gasteiger partial charge is 0.359 e. The number of hydrogen-bond donors (Lipinski definition) is 2. The molecule has 112 valence electrons. The van der Waals surface area contributed by atoms with E-state index in [2.05, 4.69) is 30.0 Å². The number of anilines is 1. The van der Waals surface area contributed by atoms with Crippen LogP contribution in [-0.2, 0) is 6.54 Å². The Bertz CT molecular complexity index is 840. The van der Waals surface area contributed by atoms with Crippen LogP contribution in [0, 0.1) is 0 Å². The third kappa shape index (κ3) is 2.24. The topological polar surface area (TPSA) is 110 Å². The standard InChI is InChI=1S/C13H13N7OS/c14-4-8-3-9(19-21-8)10-5-20(1-2-22-10)13-11-12(16-6-15-11)17-7-18-13/h3,5-7H,1-2,4,14H2,(H,15,16,17,18). The van der Waals surface area contributed by atoms with Crippen molar-refractivity contribution in [2.45, 2.75) is 6.54 Å². The first-order valence-corrected chi connectivity index (χ1v) is 7.75. The van der Waals surface area contributed by atoms with Gasteiger partial charge in [-0.15, -0.1) is 11.8 Å². The van der Waals surface area contributed by atoms with Crippen LogP contribution in [0.2, 0.25) is 0 Å². The number of nitrogens with zero attached hydrogens (tertiary/aromatic N) is 5. The summed E-state index contributed by atoms with van der Waals surface area (Å²) < 4.78 is 5.18. The van der Waals surface area contributed by atoms with E-state index in [1.807, 2.05) is 12.3 Å². The van der Waals surface area contributed by atoms with Gasteiger partial charge < -0.3 is 20.1 Å². The van der Waals surface area contributed by atoms with Crippen LogP contribution in [0.15, 0.2) is 29.4 Å². The lowest BCUT2D eigenvalue weighted by molar-refractivity contribution is 0.383. The highest BCUT2D eigenvalue weighted by molar-refractivity contribution is 8.08. The van der Waals surface area contributed by atoms with Gasteiger partial charge in [0, 0.05) is 24.6 Å². The maximum absolute atomic E-state index is 5.56. The molecule has 0 unspecified atom stereocenters. The van der Waals surface area contributed by atoms with Gasteiger partial charge in [0.05, 0.1) is 17.8 Å². The molecule has 0 radical (unpaired) electrons. The molecule has 4 rings (SSSR count). The van der Waals surface area contributed by atoms with Crippen LogP contribution >= 0.6 is 11.8 Å². The summed E-state index contributed by atoms with van der Waals surface area (Å²) in [4.78, 5) is 18.9. The van der Waals surface area contributed by atoms with Crippen molar-refractivity contribution >= 4 is 33.6 Å². The summed E-state index contributed by atoms with van der Waals surface area (Å²) in [6.45, 7) is 1.19. The molecule has 1 aliphatic rings. The van der Waals surface area contributed by atoms with E-state index < -0.39 is 0 Å². The lowest BCUT2D eigenvalue weighted by Crippen LogP contribution is -2.24. The van der Waals surface area contributed by atoms with Crippen LogP contribution in [0.5, 0.6) is 0 Å². The van der Waals surface area contributed by atoms with Crippen LogP contribution < -0.4 is 10.6 Å².